The maximum absolute atomic E-state index is 13.0. The molecule has 0 saturated heterocycles. The number of nitrogens with one attached hydrogen (secondary N) is 2. The number of benzene rings is 2. The average molecular weight is 478 g/mol. The Balaban J connectivity index is 0.00000261. The molecule has 4 nitrogen and oxygen atoms in total. The molecular formula is C21H24FIN4. The summed E-state index contributed by atoms with van der Waals surface area (Å²) >= 11 is 0. The van der Waals surface area contributed by atoms with Gasteiger partial charge in [0.25, 0.3) is 0 Å². The van der Waals surface area contributed by atoms with Gasteiger partial charge in [0, 0.05) is 24.7 Å². The number of aliphatic imine (C=N–C) groups is 1. The highest BCUT2D eigenvalue weighted by atomic mass is 127. The Morgan fingerprint density at radius 2 is 1.81 bits per heavy atom. The normalized spacial score (nSPS) is 11.1. The minimum absolute atomic E-state index is 0. The number of guanidine groups is 1. The van der Waals surface area contributed by atoms with E-state index in [9.17, 15) is 4.39 Å². The molecular weight excluding hydrogens is 454 g/mol. The van der Waals surface area contributed by atoms with E-state index in [4.69, 9.17) is 0 Å². The van der Waals surface area contributed by atoms with Gasteiger partial charge in [-0.2, -0.15) is 0 Å². The summed E-state index contributed by atoms with van der Waals surface area (Å²) in [4.78, 5) is 9.07. The number of pyridine rings is 1. The highest BCUT2D eigenvalue weighted by Crippen LogP contribution is 2.16. The van der Waals surface area contributed by atoms with Crippen molar-refractivity contribution in [1.82, 2.24) is 15.6 Å². The van der Waals surface area contributed by atoms with Gasteiger partial charge < -0.3 is 10.6 Å². The lowest BCUT2D eigenvalue weighted by Gasteiger charge is -2.12. The molecule has 3 aromatic rings. The van der Waals surface area contributed by atoms with Crippen molar-refractivity contribution in [3.05, 3.63) is 77.7 Å². The third kappa shape index (κ3) is 6.16. The maximum Gasteiger partial charge on any atom is 0.191 e. The first-order valence-electron chi connectivity index (χ1n) is 8.85. The van der Waals surface area contributed by atoms with Crippen LogP contribution in [0.5, 0.6) is 0 Å². The number of hydrogen-bond acceptors (Lipinski definition) is 2. The number of rotatable bonds is 6. The summed E-state index contributed by atoms with van der Waals surface area (Å²) in [5.41, 5.74) is 3.22. The number of para-hydroxylation sites is 1. The molecule has 0 amide bonds. The Bertz CT molecular complexity index is 875. The molecule has 0 saturated carbocycles. The van der Waals surface area contributed by atoms with E-state index in [1.165, 1.54) is 12.1 Å². The molecule has 1 heterocycles. The van der Waals surface area contributed by atoms with Crippen molar-refractivity contribution in [1.29, 1.82) is 0 Å². The number of fused-ring (bicyclic) bond motifs is 1. The fraction of sp³-hybridized carbons (Fsp3) is 0.238. The highest BCUT2D eigenvalue weighted by molar-refractivity contribution is 14.0. The molecule has 27 heavy (non-hydrogen) atoms. The van der Waals surface area contributed by atoms with Crippen molar-refractivity contribution >= 4 is 40.8 Å². The standard InChI is InChI=1S/C21H23FN4.HI/c1-2-23-21(25-13-11-16-7-9-18(22)10-8-16)26-15-17-12-14-24-20-6-4-3-5-19(17)20;/h3-10,12,14H,2,11,13,15H2,1H3,(H2,23,25,26);1H. The Morgan fingerprint density at radius 3 is 2.59 bits per heavy atom. The maximum atomic E-state index is 13.0. The van der Waals surface area contributed by atoms with E-state index in [1.54, 1.807) is 0 Å². The second kappa shape index (κ2) is 10.8. The van der Waals surface area contributed by atoms with E-state index in [0.29, 0.717) is 6.54 Å². The SMILES string of the molecule is CCNC(=NCc1ccnc2ccccc12)NCCc1ccc(F)cc1.I. The summed E-state index contributed by atoms with van der Waals surface area (Å²) in [5, 5.41) is 7.72. The number of nitrogens with zero attached hydrogens (tertiary/aromatic N) is 2. The van der Waals surface area contributed by atoms with Crippen LogP contribution in [-0.2, 0) is 13.0 Å². The minimum atomic E-state index is -0.207. The molecule has 0 radical (unpaired) electrons. The lowest BCUT2D eigenvalue weighted by molar-refractivity contribution is 0.626. The Morgan fingerprint density at radius 1 is 1.04 bits per heavy atom. The van der Waals surface area contributed by atoms with E-state index in [-0.39, 0.29) is 29.8 Å². The zero-order valence-electron chi connectivity index (χ0n) is 15.3. The number of aromatic nitrogens is 1. The van der Waals surface area contributed by atoms with E-state index < -0.39 is 0 Å². The molecule has 0 aliphatic heterocycles. The summed E-state index contributed by atoms with van der Waals surface area (Å²) in [7, 11) is 0. The van der Waals surface area contributed by atoms with Crippen LogP contribution < -0.4 is 10.6 Å². The predicted molar refractivity (Wildman–Crippen MR) is 120 cm³/mol. The van der Waals surface area contributed by atoms with Crippen LogP contribution in [-0.4, -0.2) is 24.0 Å². The molecule has 0 atom stereocenters. The molecule has 0 aliphatic carbocycles. The third-order valence-corrected chi connectivity index (χ3v) is 4.11. The van der Waals surface area contributed by atoms with Crippen LogP contribution in [0.15, 0.2) is 65.8 Å². The molecule has 0 spiro atoms. The van der Waals surface area contributed by atoms with E-state index in [0.717, 1.165) is 47.5 Å². The molecule has 142 valence electrons. The zero-order valence-corrected chi connectivity index (χ0v) is 17.6. The third-order valence-electron chi connectivity index (χ3n) is 4.11. The summed E-state index contributed by atoms with van der Waals surface area (Å²) < 4.78 is 13.0. The van der Waals surface area contributed by atoms with Crippen LogP contribution in [0.4, 0.5) is 4.39 Å². The fourth-order valence-corrected chi connectivity index (χ4v) is 2.78. The van der Waals surface area contributed by atoms with Crippen LogP contribution in [0.2, 0.25) is 0 Å². The number of hydrogen-bond donors (Lipinski definition) is 2. The fourth-order valence-electron chi connectivity index (χ4n) is 2.78. The monoisotopic (exact) mass is 478 g/mol. The van der Waals surface area contributed by atoms with Crippen molar-refractivity contribution in [3.8, 4) is 0 Å². The molecule has 3 rings (SSSR count). The number of halogens is 2. The van der Waals surface area contributed by atoms with Crippen LogP contribution >= 0.6 is 24.0 Å². The molecule has 0 aliphatic rings. The summed E-state index contributed by atoms with van der Waals surface area (Å²) in [6.07, 6.45) is 2.63. The smallest absolute Gasteiger partial charge is 0.191 e. The van der Waals surface area contributed by atoms with Gasteiger partial charge in [0.05, 0.1) is 12.1 Å². The Kier molecular flexibility index (Phi) is 8.44. The van der Waals surface area contributed by atoms with Gasteiger partial charge in [0.2, 0.25) is 0 Å². The first-order chi connectivity index (χ1) is 12.8. The summed E-state index contributed by atoms with van der Waals surface area (Å²) in [6, 6.07) is 16.7. The van der Waals surface area contributed by atoms with Gasteiger partial charge in [0.15, 0.2) is 5.96 Å². The van der Waals surface area contributed by atoms with Crippen molar-refractivity contribution in [2.75, 3.05) is 13.1 Å². The van der Waals surface area contributed by atoms with Gasteiger partial charge >= 0.3 is 0 Å². The van der Waals surface area contributed by atoms with Gasteiger partial charge in [-0.15, -0.1) is 24.0 Å². The van der Waals surface area contributed by atoms with Crippen LogP contribution in [0.25, 0.3) is 10.9 Å². The average Bonchev–Trinajstić information content (AvgIpc) is 2.67. The van der Waals surface area contributed by atoms with Crippen LogP contribution in [0, 0.1) is 5.82 Å². The van der Waals surface area contributed by atoms with Crippen molar-refractivity contribution < 1.29 is 4.39 Å². The topological polar surface area (TPSA) is 49.3 Å². The molecule has 0 bridgehead atoms. The van der Waals surface area contributed by atoms with Crippen molar-refractivity contribution in [3.63, 3.8) is 0 Å². The minimum Gasteiger partial charge on any atom is -0.357 e. The molecule has 6 heteroatoms. The second-order valence-corrected chi connectivity index (χ2v) is 5.99. The van der Waals surface area contributed by atoms with E-state index in [1.807, 2.05) is 49.5 Å². The molecule has 2 aromatic carbocycles. The highest BCUT2D eigenvalue weighted by Gasteiger charge is 2.02. The van der Waals surface area contributed by atoms with Gasteiger partial charge in [-0.25, -0.2) is 9.38 Å². The zero-order chi connectivity index (χ0) is 18.2. The summed E-state index contributed by atoms with van der Waals surface area (Å²) in [6.45, 7) is 4.14. The van der Waals surface area contributed by atoms with Crippen LogP contribution in [0.3, 0.4) is 0 Å². The van der Waals surface area contributed by atoms with Gasteiger partial charge in [-0.3, -0.25) is 4.98 Å². The second-order valence-electron chi connectivity index (χ2n) is 5.99. The largest absolute Gasteiger partial charge is 0.357 e. The Labute approximate surface area is 176 Å². The van der Waals surface area contributed by atoms with E-state index in [2.05, 4.69) is 26.7 Å². The lowest BCUT2D eigenvalue weighted by atomic mass is 10.1. The molecule has 0 unspecified atom stereocenters. The first kappa shape index (κ1) is 21.1. The predicted octanol–water partition coefficient (Wildman–Crippen LogP) is 4.29. The molecule has 1 aromatic heterocycles. The van der Waals surface area contributed by atoms with Gasteiger partial charge in [-0.1, -0.05) is 30.3 Å². The van der Waals surface area contributed by atoms with Gasteiger partial charge in [-0.05, 0) is 48.7 Å². The van der Waals surface area contributed by atoms with Crippen LogP contribution in [0.1, 0.15) is 18.1 Å². The Hall–Kier alpha value is -2.22. The first-order valence-corrected chi connectivity index (χ1v) is 8.85. The van der Waals surface area contributed by atoms with Gasteiger partial charge in [0.1, 0.15) is 5.82 Å². The lowest BCUT2D eigenvalue weighted by Crippen LogP contribution is -2.38. The summed E-state index contributed by atoms with van der Waals surface area (Å²) in [5.74, 6) is 0.566. The molecule has 2 N–H and O–H groups in total. The quantitative estimate of drug-likeness (QED) is 0.316. The molecule has 0 fully saturated rings. The van der Waals surface area contributed by atoms with E-state index >= 15 is 0 Å². The van der Waals surface area contributed by atoms with Crippen molar-refractivity contribution in [2.45, 2.75) is 19.9 Å². The van der Waals surface area contributed by atoms with Crippen molar-refractivity contribution in [2.24, 2.45) is 4.99 Å².